The molecule has 3 aromatic rings. The molecule has 18 heteroatoms. The van der Waals surface area contributed by atoms with Gasteiger partial charge in [-0.3, -0.25) is 9.11 Å². The van der Waals surface area contributed by atoms with Crippen LogP contribution in [0.1, 0.15) is 5.69 Å². The van der Waals surface area contributed by atoms with Gasteiger partial charge in [0.05, 0.1) is 40.6 Å². The van der Waals surface area contributed by atoms with Gasteiger partial charge in [0.2, 0.25) is 0 Å². The van der Waals surface area contributed by atoms with Crippen LogP contribution in [0, 0.1) is 6.92 Å². The molecule has 0 atom stereocenters. The molecule has 3 rings (SSSR count). The zero-order chi connectivity index (χ0) is 27.6. The monoisotopic (exact) mass is 575 g/mol. The fourth-order valence-corrected chi connectivity index (χ4v) is 5.05. The Morgan fingerprint density at radius 2 is 1.59 bits per heavy atom. The third kappa shape index (κ3) is 6.87. The van der Waals surface area contributed by atoms with E-state index < -0.39 is 42.7 Å². The highest BCUT2D eigenvalue weighted by Gasteiger charge is 2.20. The number of nitrogens with two attached hydrogens (primary N) is 1. The fourth-order valence-electron chi connectivity index (χ4n) is 3.06. The first-order valence-corrected chi connectivity index (χ1v) is 14.5. The molecule has 4 N–H and O–H groups in total. The van der Waals surface area contributed by atoms with Crippen molar-refractivity contribution in [2.24, 2.45) is 10.2 Å². The van der Waals surface area contributed by atoms with E-state index in [1.54, 1.807) is 6.92 Å². The molecule has 0 saturated carbocycles. The van der Waals surface area contributed by atoms with Gasteiger partial charge in [-0.2, -0.15) is 16.8 Å². The zero-order valence-electron chi connectivity index (χ0n) is 19.2. The molecule has 0 aliphatic heterocycles. The van der Waals surface area contributed by atoms with E-state index in [9.17, 15) is 25.3 Å². The van der Waals surface area contributed by atoms with E-state index in [2.05, 4.69) is 19.5 Å². The van der Waals surface area contributed by atoms with Gasteiger partial charge in [-0.25, -0.2) is 17.3 Å². The summed E-state index contributed by atoms with van der Waals surface area (Å²) in [6.07, 6.45) is 0. The van der Waals surface area contributed by atoms with Crippen molar-refractivity contribution in [3.05, 3.63) is 48.2 Å². The number of hydrogen-bond donors (Lipinski definition) is 3. The Morgan fingerprint density at radius 1 is 0.973 bits per heavy atom. The van der Waals surface area contributed by atoms with Crippen molar-refractivity contribution in [2.45, 2.75) is 16.7 Å². The second-order valence-corrected chi connectivity index (χ2v) is 11.9. The van der Waals surface area contributed by atoms with Crippen molar-refractivity contribution in [3.8, 4) is 11.4 Å². The molecule has 15 nitrogen and oxygen atoms in total. The second-order valence-electron chi connectivity index (χ2n) is 7.30. The number of methoxy groups -OCH3 is 1. The van der Waals surface area contributed by atoms with Gasteiger partial charge in [0.25, 0.3) is 10.1 Å². The van der Waals surface area contributed by atoms with Crippen LogP contribution >= 0.6 is 0 Å². The molecule has 0 saturated heterocycles. The third-order valence-corrected chi connectivity index (χ3v) is 7.85. The van der Waals surface area contributed by atoms with E-state index in [1.807, 2.05) is 0 Å². The van der Waals surface area contributed by atoms with Crippen LogP contribution in [0.5, 0.6) is 5.75 Å². The summed E-state index contributed by atoms with van der Waals surface area (Å²) in [5.41, 5.74) is 6.93. The minimum absolute atomic E-state index is 0.00308. The van der Waals surface area contributed by atoms with Crippen molar-refractivity contribution in [3.63, 3.8) is 0 Å². The lowest BCUT2D eigenvalue weighted by Crippen LogP contribution is -2.15. The summed E-state index contributed by atoms with van der Waals surface area (Å²) < 4.78 is 97.3. The van der Waals surface area contributed by atoms with Crippen molar-refractivity contribution < 1.29 is 43.3 Å². The second kappa shape index (κ2) is 10.5. The third-order valence-electron chi connectivity index (χ3n) is 4.84. The Morgan fingerprint density at radius 3 is 2.16 bits per heavy atom. The van der Waals surface area contributed by atoms with Crippen LogP contribution in [-0.4, -0.2) is 63.6 Å². The molecule has 0 aliphatic carbocycles. The number of benzene rings is 2. The Balaban J connectivity index is 1.93. The number of nitrogen functional groups attached to an aromatic ring is 1. The molecule has 0 amide bonds. The first kappa shape index (κ1) is 28.2. The number of rotatable bonds is 10. The van der Waals surface area contributed by atoms with E-state index in [1.165, 1.54) is 48.2 Å². The van der Waals surface area contributed by atoms with Gasteiger partial charge in [0.15, 0.2) is 21.3 Å². The van der Waals surface area contributed by atoms with E-state index in [0.29, 0.717) is 11.4 Å². The molecule has 0 unspecified atom stereocenters. The number of hydrogen-bond acceptors (Lipinski definition) is 12. The Bertz CT molecular complexity index is 1660. The maximum absolute atomic E-state index is 12.5. The van der Waals surface area contributed by atoms with Crippen molar-refractivity contribution >= 4 is 47.5 Å². The average molecular weight is 576 g/mol. The minimum Gasteiger partial charge on any atom is -0.494 e. The maximum Gasteiger partial charge on any atom is 0.397 e. The molecule has 2 aromatic carbocycles. The summed E-state index contributed by atoms with van der Waals surface area (Å²) >= 11 is 0. The highest BCUT2D eigenvalue weighted by Crippen LogP contribution is 2.35. The van der Waals surface area contributed by atoms with E-state index in [-0.39, 0.29) is 32.7 Å². The lowest BCUT2D eigenvalue weighted by atomic mass is 10.3. The van der Waals surface area contributed by atoms with Crippen LogP contribution in [0.3, 0.4) is 0 Å². The minimum atomic E-state index is -4.80. The summed E-state index contributed by atoms with van der Waals surface area (Å²) in [7, 11) is -11.9. The van der Waals surface area contributed by atoms with Crippen LogP contribution in [-0.2, 0) is 34.5 Å². The molecule has 1 aromatic heterocycles. The lowest BCUT2D eigenvalue weighted by molar-refractivity contribution is 0.284. The van der Waals surface area contributed by atoms with Crippen molar-refractivity contribution in [2.75, 3.05) is 25.2 Å². The molecule has 0 fully saturated rings. The van der Waals surface area contributed by atoms with Gasteiger partial charge in [0, 0.05) is 0 Å². The largest absolute Gasteiger partial charge is 0.494 e. The van der Waals surface area contributed by atoms with Gasteiger partial charge >= 0.3 is 10.4 Å². The number of azo groups is 1. The number of aromatic nitrogens is 2. The Kier molecular flexibility index (Phi) is 8.00. The molecular weight excluding hydrogens is 554 g/mol. The smallest absolute Gasteiger partial charge is 0.397 e. The Labute approximate surface area is 212 Å². The number of anilines is 1. The van der Waals surface area contributed by atoms with E-state index in [0.717, 1.165) is 6.07 Å². The Hall–Kier alpha value is -3.42. The number of sulfone groups is 1. The number of nitrogens with zero attached hydrogens (tertiary/aromatic N) is 4. The average Bonchev–Trinajstić information content (AvgIpc) is 3.09. The topological polar surface area (TPSA) is 230 Å². The fraction of sp³-hybridized carbons (Fsp3) is 0.211. The molecule has 0 radical (unpaired) electrons. The molecular formula is C19H21N5O10S3. The molecule has 1 heterocycles. The summed E-state index contributed by atoms with van der Waals surface area (Å²) in [6, 6.07) is 8.84. The predicted octanol–water partition coefficient (Wildman–Crippen LogP) is 2.03. The van der Waals surface area contributed by atoms with Gasteiger partial charge in [-0.15, -0.1) is 15.3 Å². The number of ether oxygens (including phenoxy) is 1. The molecule has 0 bridgehead atoms. The van der Waals surface area contributed by atoms with Gasteiger partial charge in [-0.05, 0) is 49.4 Å². The first-order chi connectivity index (χ1) is 17.1. The van der Waals surface area contributed by atoms with Crippen LogP contribution in [0.4, 0.5) is 17.2 Å². The van der Waals surface area contributed by atoms with Crippen LogP contribution in [0.25, 0.3) is 5.69 Å². The predicted molar refractivity (Wildman–Crippen MR) is 129 cm³/mol. The van der Waals surface area contributed by atoms with Crippen molar-refractivity contribution in [1.29, 1.82) is 0 Å². The summed E-state index contributed by atoms with van der Waals surface area (Å²) in [6.45, 7) is 0.811. The van der Waals surface area contributed by atoms with Crippen LogP contribution < -0.4 is 10.5 Å². The molecule has 0 spiro atoms. The van der Waals surface area contributed by atoms with Gasteiger partial charge in [0.1, 0.15) is 11.4 Å². The molecule has 200 valence electrons. The standard InChI is InChI=1S/C19H21N5O10S3/c1-12-18(19(20)23-24(12)13-3-5-14(6-4-13)36(27,28)29)22-21-16-11-15(7-8-17(16)33-2)35(25,26)10-9-34-37(30,31)32/h3-8,11H,9-10H2,1-2H3,(H2,20,23)(H,27,28,29)(H,30,31,32). The summed E-state index contributed by atoms with van der Waals surface area (Å²) in [4.78, 5) is -0.541. The maximum atomic E-state index is 12.5. The summed E-state index contributed by atoms with van der Waals surface area (Å²) in [5, 5.41) is 12.3. The highest BCUT2D eigenvalue weighted by atomic mass is 32.3. The van der Waals surface area contributed by atoms with Crippen LogP contribution in [0.15, 0.2) is 62.5 Å². The quantitative estimate of drug-likeness (QED) is 0.233. The zero-order valence-corrected chi connectivity index (χ0v) is 21.7. The highest BCUT2D eigenvalue weighted by molar-refractivity contribution is 7.91. The first-order valence-electron chi connectivity index (χ1n) is 10.00. The normalized spacial score (nSPS) is 12.8. The van der Waals surface area contributed by atoms with Gasteiger partial charge < -0.3 is 10.5 Å². The van der Waals surface area contributed by atoms with Crippen LogP contribution in [0.2, 0.25) is 0 Å². The van der Waals surface area contributed by atoms with Crippen molar-refractivity contribution in [1.82, 2.24) is 9.78 Å². The summed E-state index contributed by atoms with van der Waals surface area (Å²) in [5.74, 6) is -0.614. The SMILES string of the molecule is COc1ccc(S(=O)(=O)CCOS(=O)(=O)O)cc1N=Nc1c(N)nn(-c2ccc(S(=O)(=O)O)cc2)c1C. The van der Waals surface area contributed by atoms with Gasteiger partial charge in [-0.1, -0.05) is 0 Å². The van der Waals surface area contributed by atoms with E-state index in [4.69, 9.17) is 19.6 Å². The molecule has 37 heavy (non-hydrogen) atoms. The lowest BCUT2D eigenvalue weighted by Gasteiger charge is -2.08. The van der Waals surface area contributed by atoms with E-state index >= 15 is 0 Å². The molecule has 0 aliphatic rings.